The number of fused-ring (bicyclic) bond motifs is 1. The molecule has 2 aliphatic carbocycles. The van der Waals surface area contributed by atoms with Gasteiger partial charge in [0, 0.05) is 5.57 Å². The summed E-state index contributed by atoms with van der Waals surface area (Å²) < 4.78 is 0. The van der Waals surface area contributed by atoms with Crippen molar-refractivity contribution in [2.45, 2.75) is 46.6 Å². The number of rotatable bonds is 2. The van der Waals surface area contributed by atoms with Crippen LogP contribution < -0.4 is 0 Å². The Hall–Kier alpha value is -0.830. The van der Waals surface area contributed by atoms with E-state index in [0.717, 1.165) is 12.8 Å². The van der Waals surface area contributed by atoms with Crippen molar-refractivity contribution in [2.75, 3.05) is 0 Å². The van der Waals surface area contributed by atoms with Crippen LogP contribution in [0.5, 0.6) is 0 Å². The second-order valence-corrected chi connectivity index (χ2v) is 6.43. The molecular weight excluding hydrogens is 216 g/mol. The lowest BCUT2D eigenvalue weighted by Gasteiger charge is -2.29. The van der Waals surface area contributed by atoms with Crippen molar-refractivity contribution in [1.82, 2.24) is 0 Å². The molecular formula is C14H22O3. The van der Waals surface area contributed by atoms with E-state index in [1.165, 1.54) is 0 Å². The van der Waals surface area contributed by atoms with Gasteiger partial charge in [-0.2, -0.15) is 0 Å². The number of hydrogen-bond donors (Lipinski definition) is 2. The average Bonchev–Trinajstić information content (AvgIpc) is 2.64. The number of carbonyl (C=O) groups is 1. The summed E-state index contributed by atoms with van der Waals surface area (Å²) in [5.41, 5.74) is 0.549. The molecule has 0 aromatic carbocycles. The molecule has 2 saturated carbocycles. The highest BCUT2D eigenvalue weighted by atomic mass is 16.4. The summed E-state index contributed by atoms with van der Waals surface area (Å²) in [4.78, 5) is 11.0. The van der Waals surface area contributed by atoms with Gasteiger partial charge in [-0.1, -0.05) is 26.8 Å². The quantitative estimate of drug-likeness (QED) is 0.726. The molecule has 0 bridgehead atoms. The van der Waals surface area contributed by atoms with Gasteiger partial charge in [-0.15, -0.1) is 0 Å². The predicted molar refractivity (Wildman–Crippen MR) is 65.5 cm³/mol. The fraction of sp³-hybridized carbons (Fsp3) is 0.786. The monoisotopic (exact) mass is 238 g/mol. The molecule has 2 N–H and O–H groups in total. The van der Waals surface area contributed by atoms with Crippen LogP contribution >= 0.6 is 0 Å². The number of aliphatic hydroxyl groups excluding tert-OH is 1. The molecule has 0 radical (unpaired) electrons. The van der Waals surface area contributed by atoms with Gasteiger partial charge < -0.3 is 10.2 Å². The Morgan fingerprint density at radius 3 is 2.53 bits per heavy atom. The van der Waals surface area contributed by atoms with Crippen molar-refractivity contribution >= 4 is 5.97 Å². The Bertz CT molecular complexity index is 383. The zero-order chi connectivity index (χ0) is 13.0. The topological polar surface area (TPSA) is 57.5 Å². The fourth-order valence-electron chi connectivity index (χ4n) is 3.85. The lowest BCUT2D eigenvalue weighted by molar-refractivity contribution is -0.132. The molecule has 0 aliphatic heterocycles. The van der Waals surface area contributed by atoms with Gasteiger partial charge in [-0.3, -0.25) is 0 Å². The summed E-state index contributed by atoms with van der Waals surface area (Å²) in [5, 5.41) is 18.9. The fourth-order valence-corrected chi connectivity index (χ4v) is 3.85. The number of hydrogen-bond acceptors (Lipinski definition) is 2. The van der Waals surface area contributed by atoms with Gasteiger partial charge in [-0.25, -0.2) is 4.79 Å². The summed E-state index contributed by atoms with van der Waals surface area (Å²) in [5.74, 6) is -0.152. The third-order valence-electron chi connectivity index (χ3n) is 5.21. The third-order valence-corrected chi connectivity index (χ3v) is 5.21. The van der Waals surface area contributed by atoms with E-state index < -0.39 is 5.97 Å². The van der Waals surface area contributed by atoms with E-state index in [1.54, 1.807) is 6.92 Å². The molecule has 2 aliphatic rings. The first-order chi connectivity index (χ1) is 7.72. The number of allylic oxidation sites excluding steroid dienone is 1. The number of carboxylic acids is 1. The van der Waals surface area contributed by atoms with Crippen LogP contribution in [0.2, 0.25) is 0 Å². The standard InChI is InChI=1S/C14H22O3/c1-8-6-14(7-9(2)12(16)17)11(5-10(8)15)13(14,3)4/h7-8,10-11,15H,5-6H2,1-4H3,(H,16,17). The van der Waals surface area contributed by atoms with Gasteiger partial charge >= 0.3 is 5.97 Å². The molecule has 2 fully saturated rings. The van der Waals surface area contributed by atoms with E-state index >= 15 is 0 Å². The maximum Gasteiger partial charge on any atom is 0.330 e. The minimum atomic E-state index is -0.834. The van der Waals surface area contributed by atoms with Crippen LogP contribution in [0, 0.1) is 22.7 Å². The van der Waals surface area contributed by atoms with E-state index in [-0.39, 0.29) is 22.9 Å². The van der Waals surface area contributed by atoms with Crippen LogP contribution in [0.25, 0.3) is 0 Å². The van der Waals surface area contributed by atoms with Crippen LogP contribution in [0.15, 0.2) is 11.6 Å². The highest BCUT2D eigenvalue weighted by Crippen LogP contribution is 2.76. The van der Waals surface area contributed by atoms with Gasteiger partial charge in [-0.05, 0) is 42.4 Å². The Morgan fingerprint density at radius 2 is 2.00 bits per heavy atom. The minimum Gasteiger partial charge on any atom is -0.478 e. The van der Waals surface area contributed by atoms with Crippen molar-refractivity contribution in [2.24, 2.45) is 22.7 Å². The maximum atomic E-state index is 11.0. The first-order valence-electron chi connectivity index (χ1n) is 6.33. The predicted octanol–water partition coefficient (Wildman–Crippen LogP) is 2.45. The van der Waals surface area contributed by atoms with E-state index in [9.17, 15) is 9.90 Å². The normalized spacial score (nSPS) is 44.1. The van der Waals surface area contributed by atoms with Crippen LogP contribution in [0.4, 0.5) is 0 Å². The Labute approximate surface area is 103 Å². The van der Waals surface area contributed by atoms with E-state index in [4.69, 9.17) is 5.11 Å². The van der Waals surface area contributed by atoms with Gasteiger partial charge in [0.25, 0.3) is 0 Å². The Morgan fingerprint density at radius 1 is 1.41 bits per heavy atom. The molecule has 3 heteroatoms. The molecule has 96 valence electrons. The molecule has 17 heavy (non-hydrogen) atoms. The number of aliphatic hydroxyl groups is 1. The van der Waals surface area contributed by atoms with E-state index in [2.05, 4.69) is 20.8 Å². The smallest absolute Gasteiger partial charge is 0.330 e. The molecule has 4 atom stereocenters. The second kappa shape index (κ2) is 3.58. The SMILES string of the molecule is CC(=CC12CC(C)C(O)CC1C2(C)C)C(=O)O. The number of aliphatic carboxylic acids is 1. The molecule has 0 heterocycles. The molecule has 0 spiro atoms. The molecule has 0 aromatic rings. The summed E-state index contributed by atoms with van der Waals surface area (Å²) >= 11 is 0. The number of carboxylic acid groups (broad SMARTS) is 1. The zero-order valence-electron chi connectivity index (χ0n) is 11.0. The molecule has 0 saturated heterocycles. The highest BCUT2D eigenvalue weighted by molar-refractivity contribution is 5.86. The Kier molecular flexibility index (Phi) is 2.66. The first kappa shape index (κ1) is 12.6. The van der Waals surface area contributed by atoms with Gasteiger partial charge in [0.2, 0.25) is 0 Å². The van der Waals surface area contributed by atoms with Crippen LogP contribution in [0.1, 0.15) is 40.5 Å². The van der Waals surface area contributed by atoms with Crippen molar-refractivity contribution in [3.63, 3.8) is 0 Å². The summed E-state index contributed by atoms with van der Waals surface area (Å²) in [6, 6.07) is 0. The van der Waals surface area contributed by atoms with E-state index in [0.29, 0.717) is 11.5 Å². The highest BCUT2D eigenvalue weighted by Gasteiger charge is 2.71. The van der Waals surface area contributed by atoms with Crippen LogP contribution in [0.3, 0.4) is 0 Å². The lowest BCUT2D eigenvalue weighted by atomic mass is 9.78. The zero-order valence-corrected chi connectivity index (χ0v) is 11.0. The average molecular weight is 238 g/mol. The maximum absolute atomic E-state index is 11.0. The summed E-state index contributed by atoms with van der Waals surface area (Å²) in [6.45, 7) is 8.10. The van der Waals surface area contributed by atoms with Crippen molar-refractivity contribution in [3.8, 4) is 0 Å². The van der Waals surface area contributed by atoms with Crippen molar-refractivity contribution in [1.29, 1.82) is 0 Å². The lowest BCUT2D eigenvalue weighted by Crippen LogP contribution is -2.28. The van der Waals surface area contributed by atoms with Crippen molar-refractivity contribution < 1.29 is 15.0 Å². The largest absolute Gasteiger partial charge is 0.478 e. The summed E-state index contributed by atoms with van der Waals surface area (Å²) in [7, 11) is 0. The summed E-state index contributed by atoms with van der Waals surface area (Å²) in [6.07, 6.45) is 3.42. The third kappa shape index (κ3) is 1.63. The first-order valence-corrected chi connectivity index (χ1v) is 6.33. The minimum absolute atomic E-state index is 0.00583. The van der Waals surface area contributed by atoms with Crippen LogP contribution in [-0.4, -0.2) is 22.3 Å². The van der Waals surface area contributed by atoms with Gasteiger partial charge in [0.15, 0.2) is 0 Å². The van der Waals surface area contributed by atoms with Gasteiger partial charge in [0.1, 0.15) is 0 Å². The molecule has 0 aromatic heterocycles. The molecule has 2 rings (SSSR count). The molecule has 0 amide bonds. The Balaban J connectivity index is 2.31. The van der Waals surface area contributed by atoms with Crippen molar-refractivity contribution in [3.05, 3.63) is 11.6 Å². The van der Waals surface area contributed by atoms with Crippen LogP contribution in [-0.2, 0) is 4.79 Å². The molecule has 4 unspecified atom stereocenters. The van der Waals surface area contributed by atoms with E-state index in [1.807, 2.05) is 6.08 Å². The van der Waals surface area contributed by atoms with Gasteiger partial charge in [0.05, 0.1) is 6.10 Å². The molecule has 3 nitrogen and oxygen atoms in total. The second-order valence-electron chi connectivity index (χ2n) is 6.43.